The van der Waals surface area contributed by atoms with E-state index in [1.807, 2.05) is 0 Å². The van der Waals surface area contributed by atoms with Gasteiger partial charge in [0, 0.05) is 18.6 Å². The molecule has 0 spiro atoms. The Bertz CT molecular complexity index is 107. The zero-order valence-corrected chi connectivity index (χ0v) is 5.56. The van der Waals surface area contributed by atoms with Gasteiger partial charge in [0.1, 0.15) is 0 Å². The molecule has 0 bridgehead atoms. The summed E-state index contributed by atoms with van der Waals surface area (Å²) in [6, 6.07) is 1.52. The van der Waals surface area contributed by atoms with Crippen molar-refractivity contribution in [3.8, 4) is 0 Å². The molecule has 2 saturated heterocycles. The van der Waals surface area contributed by atoms with Crippen LogP contribution >= 0.6 is 12.8 Å². The van der Waals surface area contributed by atoms with Crippen molar-refractivity contribution >= 4 is 12.8 Å². The van der Waals surface area contributed by atoms with Crippen LogP contribution in [0.3, 0.4) is 0 Å². The second-order valence-electron chi connectivity index (χ2n) is 2.54. The molecule has 1 N–H and O–H groups in total. The molecule has 0 aromatic carbocycles. The molecule has 0 aliphatic carbocycles. The highest BCUT2D eigenvalue weighted by Crippen LogP contribution is 2.26. The smallest absolute Gasteiger partial charge is 0.0379 e. The van der Waals surface area contributed by atoms with E-state index in [9.17, 15) is 0 Å². The molecular formula is C5H10N2S. The summed E-state index contributed by atoms with van der Waals surface area (Å²) in [6.07, 6.45) is 1.29. The van der Waals surface area contributed by atoms with Crippen molar-refractivity contribution in [2.75, 3.05) is 13.1 Å². The van der Waals surface area contributed by atoms with Crippen molar-refractivity contribution in [2.45, 2.75) is 18.5 Å². The van der Waals surface area contributed by atoms with Crippen LogP contribution in [0.2, 0.25) is 0 Å². The summed E-state index contributed by atoms with van der Waals surface area (Å²) in [5, 5.41) is 3.40. The van der Waals surface area contributed by atoms with Crippen molar-refractivity contribution in [1.82, 2.24) is 9.62 Å². The van der Waals surface area contributed by atoms with Crippen molar-refractivity contribution < 1.29 is 0 Å². The third-order valence-corrected chi connectivity index (χ3v) is 2.54. The zero-order chi connectivity index (χ0) is 5.56. The topological polar surface area (TPSA) is 15.3 Å². The average Bonchev–Trinajstić information content (AvgIpc) is 2.09. The Labute approximate surface area is 54.8 Å². The van der Waals surface area contributed by atoms with Crippen LogP contribution in [0.15, 0.2) is 0 Å². The van der Waals surface area contributed by atoms with E-state index in [4.69, 9.17) is 0 Å². The normalized spacial score (nSPS) is 46.1. The van der Waals surface area contributed by atoms with E-state index < -0.39 is 0 Å². The maximum absolute atomic E-state index is 4.25. The lowest BCUT2D eigenvalue weighted by atomic mass is 10.0. The van der Waals surface area contributed by atoms with E-state index in [2.05, 4.69) is 22.4 Å². The number of hydrogen-bond donors (Lipinski definition) is 2. The molecule has 0 amide bonds. The zero-order valence-electron chi connectivity index (χ0n) is 4.67. The predicted octanol–water partition coefficient (Wildman–Crippen LogP) is -0.123. The maximum Gasteiger partial charge on any atom is 0.0379 e. The van der Waals surface area contributed by atoms with Gasteiger partial charge < -0.3 is 5.32 Å². The number of fused-ring (bicyclic) bond motifs is 1. The summed E-state index contributed by atoms with van der Waals surface area (Å²) >= 11 is 4.25. The predicted molar refractivity (Wildman–Crippen MR) is 35.9 cm³/mol. The van der Waals surface area contributed by atoms with Gasteiger partial charge in [-0.1, -0.05) is 12.8 Å². The van der Waals surface area contributed by atoms with Crippen molar-refractivity contribution in [3.63, 3.8) is 0 Å². The molecule has 2 nitrogen and oxygen atoms in total. The van der Waals surface area contributed by atoms with Gasteiger partial charge >= 0.3 is 0 Å². The maximum atomic E-state index is 4.25. The number of nitrogens with one attached hydrogen (secondary N) is 1. The number of nitrogens with zero attached hydrogens (tertiary/aromatic N) is 1. The van der Waals surface area contributed by atoms with Gasteiger partial charge in [-0.15, -0.1) is 0 Å². The molecule has 0 aromatic rings. The second kappa shape index (κ2) is 1.62. The van der Waals surface area contributed by atoms with E-state index in [-0.39, 0.29) is 0 Å². The van der Waals surface area contributed by atoms with Crippen LogP contribution in [-0.2, 0) is 0 Å². The quantitative estimate of drug-likeness (QED) is 0.444. The first-order valence-electron chi connectivity index (χ1n) is 3.07. The van der Waals surface area contributed by atoms with E-state index in [0.717, 1.165) is 18.6 Å². The Balaban J connectivity index is 2.02. The molecule has 0 aromatic heterocycles. The summed E-state index contributed by atoms with van der Waals surface area (Å²) in [6.45, 7) is 2.32. The molecule has 2 fully saturated rings. The fraction of sp³-hybridized carbons (Fsp3) is 1.00. The largest absolute Gasteiger partial charge is 0.311 e. The molecule has 2 atom stereocenters. The first kappa shape index (κ1) is 5.09. The standard InChI is InChI=1S/C5H10N2S/c8-7-3-4-5(7)1-2-6-4/h4-6,8H,1-3H2. The molecular weight excluding hydrogens is 120 g/mol. The van der Waals surface area contributed by atoms with E-state index in [1.165, 1.54) is 13.0 Å². The van der Waals surface area contributed by atoms with E-state index in [1.54, 1.807) is 0 Å². The second-order valence-corrected chi connectivity index (χ2v) is 3.05. The summed E-state index contributed by atoms with van der Waals surface area (Å²) < 4.78 is 2.12. The van der Waals surface area contributed by atoms with Crippen molar-refractivity contribution in [1.29, 1.82) is 0 Å². The Kier molecular flexibility index (Phi) is 1.03. The van der Waals surface area contributed by atoms with Crippen molar-refractivity contribution in [3.05, 3.63) is 0 Å². The lowest BCUT2D eigenvalue weighted by molar-refractivity contribution is 0.195. The third kappa shape index (κ3) is 0.522. The Morgan fingerprint density at radius 1 is 1.62 bits per heavy atom. The highest BCUT2D eigenvalue weighted by atomic mass is 32.1. The molecule has 2 aliphatic heterocycles. The van der Waals surface area contributed by atoms with Gasteiger partial charge in [0.15, 0.2) is 0 Å². The minimum Gasteiger partial charge on any atom is -0.311 e. The minimum absolute atomic E-state index is 0.748. The molecule has 3 heteroatoms. The molecule has 2 aliphatic rings. The van der Waals surface area contributed by atoms with Gasteiger partial charge in [0.05, 0.1) is 0 Å². The molecule has 0 saturated carbocycles. The first-order chi connectivity index (χ1) is 3.88. The van der Waals surface area contributed by atoms with Crippen LogP contribution in [0.25, 0.3) is 0 Å². The molecule has 2 heterocycles. The average molecular weight is 130 g/mol. The van der Waals surface area contributed by atoms with Gasteiger partial charge in [0.25, 0.3) is 0 Å². The Morgan fingerprint density at radius 3 is 3.00 bits per heavy atom. The van der Waals surface area contributed by atoms with Crippen LogP contribution in [0, 0.1) is 0 Å². The molecule has 8 heavy (non-hydrogen) atoms. The number of rotatable bonds is 0. The molecule has 46 valence electrons. The Morgan fingerprint density at radius 2 is 2.50 bits per heavy atom. The highest BCUT2D eigenvalue weighted by molar-refractivity contribution is 7.77. The number of hydrogen-bond acceptors (Lipinski definition) is 3. The minimum atomic E-state index is 0.748. The SMILES string of the molecule is SN1CC2NCCC21. The van der Waals surface area contributed by atoms with Gasteiger partial charge in [-0.25, -0.2) is 4.31 Å². The fourth-order valence-corrected chi connectivity index (χ4v) is 1.95. The van der Waals surface area contributed by atoms with Crippen LogP contribution in [0.1, 0.15) is 6.42 Å². The first-order valence-corrected chi connectivity index (χ1v) is 3.47. The highest BCUT2D eigenvalue weighted by Gasteiger charge is 2.39. The van der Waals surface area contributed by atoms with Crippen LogP contribution < -0.4 is 5.32 Å². The van der Waals surface area contributed by atoms with Gasteiger partial charge in [0.2, 0.25) is 0 Å². The van der Waals surface area contributed by atoms with Crippen LogP contribution in [0.5, 0.6) is 0 Å². The number of thiol groups is 1. The molecule has 0 radical (unpaired) electrons. The summed E-state index contributed by atoms with van der Waals surface area (Å²) in [5.41, 5.74) is 0. The van der Waals surface area contributed by atoms with Crippen LogP contribution in [0.4, 0.5) is 0 Å². The Hall–Kier alpha value is 0.270. The monoisotopic (exact) mass is 130 g/mol. The lowest BCUT2D eigenvalue weighted by Crippen LogP contribution is -2.56. The summed E-state index contributed by atoms with van der Waals surface area (Å²) in [4.78, 5) is 0. The van der Waals surface area contributed by atoms with E-state index >= 15 is 0 Å². The van der Waals surface area contributed by atoms with Gasteiger partial charge in [-0.3, -0.25) is 0 Å². The fourth-order valence-electron chi connectivity index (χ4n) is 1.50. The van der Waals surface area contributed by atoms with Gasteiger partial charge in [-0.05, 0) is 13.0 Å². The van der Waals surface area contributed by atoms with Crippen LogP contribution in [-0.4, -0.2) is 29.5 Å². The molecule has 2 rings (SSSR count). The van der Waals surface area contributed by atoms with E-state index in [0.29, 0.717) is 0 Å². The summed E-state index contributed by atoms with van der Waals surface area (Å²) in [7, 11) is 0. The molecule has 2 unspecified atom stereocenters. The third-order valence-electron chi connectivity index (χ3n) is 2.08. The summed E-state index contributed by atoms with van der Waals surface area (Å²) in [5.74, 6) is 0. The van der Waals surface area contributed by atoms with Gasteiger partial charge in [-0.2, -0.15) is 0 Å². The lowest BCUT2D eigenvalue weighted by Gasteiger charge is -2.39. The van der Waals surface area contributed by atoms with Crippen molar-refractivity contribution in [2.24, 2.45) is 0 Å².